The van der Waals surface area contributed by atoms with Gasteiger partial charge in [0, 0.05) is 6.54 Å². The number of imide groups is 1. The molecule has 0 unspecified atom stereocenters. The molecule has 3 amide bonds. The molecule has 0 fully saturated rings. The summed E-state index contributed by atoms with van der Waals surface area (Å²) in [6, 6.07) is 0.801. The molecule has 0 saturated heterocycles. The molecule has 19 heavy (non-hydrogen) atoms. The Balaban J connectivity index is 2.49. The topological polar surface area (TPSA) is 134 Å². The van der Waals surface area contributed by atoms with E-state index in [9.17, 15) is 9.59 Å². The second kappa shape index (κ2) is 7.38. The van der Waals surface area contributed by atoms with Crippen LogP contribution in [0.3, 0.4) is 0 Å². The molecule has 1 heterocycles. The minimum absolute atomic E-state index is 0.111. The SMILES string of the molecule is CCNC(=O)NC(=O)/C(C#N)=N/OCn1cncn1. The van der Waals surface area contributed by atoms with E-state index in [1.54, 1.807) is 6.92 Å². The molecule has 0 aliphatic carbocycles. The fraction of sp³-hybridized carbons (Fsp3) is 0.333. The smallest absolute Gasteiger partial charge is 0.321 e. The standard InChI is InChI=1S/C9H11N7O3/c1-2-12-9(18)14-8(17)7(3-10)15-19-6-16-5-11-4-13-16/h4-5H,2,6H2,1H3,(H2,12,14,17,18)/b15-7+. The van der Waals surface area contributed by atoms with Crippen LogP contribution in [-0.2, 0) is 16.4 Å². The zero-order chi connectivity index (χ0) is 14.1. The minimum Gasteiger partial charge on any atom is -0.370 e. The summed E-state index contributed by atoms with van der Waals surface area (Å²) in [4.78, 5) is 30.9. The quantitative estimate of drug-likeness (QED) is 0.516. The van der Waals surface area contributed by atoms with Crippen LogP contribution >= 0.6 is 0 Å². The van der Waals surface area contributed by atoms with Gasteiger partial charge < -0.3 is 10.2 Å². The second-order valence-corrected chi connectivity index (χ2v) is 3.06. The maximum absolute atomic E-state index is 11.4. The van der Waals surface area contributed by atoms with Gasteiger partial charge in [-0.15, -0.1) is 0 Å². The summed E-state index contributed by atoms with van der Waals surface area (Å²) in [5.74, 6) is -0.952. The fourth-order valence-corrected chi connectivity index (χ4v) is 0.932. The van der Waals surface area contributed by atoms with Crippen molar-refractivity contribution in [2.45, 2.75) is 13.7 Å². The first-order valence-corrected chi connectivity index (χ1v) is 5.19. The molecule has 2 N–H and O–H groups in total. The van der Waals surface area contributed by atoms with Crippen molar-refractivity contribution >= 4 is 17.6 Å². The van der Waals surface area contributed by atoms with E-state index in [4.69, 9.17) is 10.1 Å². The van der Waals surface area contributed by atoms with Crippen LogP contribution in [0, 0.1) is 11.3 Å². The van der Waals surface area contributed by atoms with E-state index in [1.807, 2.05) is 5.32 Å². The summed E-state index contributed by atoms with van der Waals surface area (Å²) in [7, 11) is 0. The molecule has 0 saturated carbocycles. The number of hydrogen-bond donors (Lipinski definition) is 2. The Morgan fingerprint density at radius 3 is 2.95 bits per heavy atom. The van der Waals surface area contributed by atoms with Crippen LogP contribution < -0.4 is 10.6 Å². The largest absolute Gasteiger partial charge is 0.370 e. The van der Waals surface area contributed by atoms with Crippen molar-refractivity contribution in [1.29, 1.82) is 5.26 Å². The van der Waals surface area contributed by atoms with Crippen molar-refractivity contribution in [2.24, 2.45) is 5.16 Å². The zero-order valence-electron chi connectivity index (χ0n) is 10.0. The van der Waals surface area contributed by atoms with Crippen LogP contribution in [0.25, 0.3) is 0 Å². The predicted octanol–water partition coefficient (Wildman–Crippen LogP) is -1.02. The summed E-state index contributed by atoms with van der Waals surface area (Å²) in [5, 5.41) is 20.0. The van der Waals surface area contributed by atoms with Crippen LogP contribution in [0.1, 0.15) is 6.92 Å². The Morgan fingerprint density at radius 1 is 1.58 bits per heavy atom. The van der Waals surface area contributed by atoms with Gasteiger partial charge in [0.2, 0.25) is 12.4 Å². The summed E-state index contributed by atoms with van der Waals surface area (Å²) in [6.07, 6.45) is 2.66. The molecule has 0 atom stereocenters. The average molecular weight is 265 g/mol. The molecule has 10 heteroatoms. The molecule has 0 bridgehead atoms. The van der Waals surface area contributed by atoms with Crippen LogP contribution in [0.4, 0.5) is 4.79 Å². The van der Waals surface area contributed by atoms with E-state index in [2.05, 4.69) is 20.6 Å². The van der Waals surface area contributed by atoms with Crippen molar-refractivity contribution < 1.29 is 14.4 Å². The number of nitrogens with zero attached hydrogens (tertiary/aromatic N) is 5. The Bertz CT molecular complexity index is 502. The van der Waals surface area contributed by atoms with Crippen molar-refractivity contribution in [3.05, 3.63) is 12.7 Å². The number of carbonyl (C=O) groups is 2. The fourth-order valence-electron chi connectivity index (χ4n) is 0.932. The number of urea groups is 1. The lowest BCUT2D eigenvalue weighted by atomic mass is 10.4. The number of rotatable bonds is 5. The number of nitriles is 1. The van der Waals surface area contributed by atoms with E-state index in [0.29, 0.717) is 6.54 Å². The van der Waals surface area contributed by atoms with Gasteiger partial charge in [-0.3, -0.25) is 10.1 Å². The number of nitrogens with one attached hydrogen (secondary N) is 2. The van der Waals surface area contributed by atoms with Crippen LogP contribution in [0.5, 0.6) is 0 Å². The first kappa shape index (κ1) is 14.1. The predicted molar refractivity (Wildman–Crippen MR) is 61.4 cm³/mol. The van der Waals surface area contributed by atoms with Gasteiger partial charge in [-0.25, -0.2) is 14.5 Å². The van der Waals surface area contributed by atoms with Gasteiger partial charge in [-0.2, -0.15) is 10.4 Å². The van der Waals surface area contributed by atoms with Crippen LogP contribution in [-0.4, -0.2) is 39.0 Å². The highest BCUT2D eigenvalue weighted by Crippen LogP contribution is 1.87. The number of oxime groups is 1. The number of carbonyl (C=O) groups excluding carboxylic acids is 2. The number of hydrogen-bond acceptors (Lipinski definition) is 7. The third-order valence-corrected chi connectivity index (χ3v) is 1.70. The highest BCUT2D eigenvalue weighted by molar-refractivity contribution is 6.46. The number of amides is 3. The molecule has 100 valence electrons. The Hall–Kier alpha value is -2.96. The van der Waals surface area contributed by atoms with Crippen molar-refractivity contribution in [3.8, 4) is 6.07 Å². The Kier molecular flexibility index (Phi) is 5.48. The van der Waals surface area contributed by atoms with E-state index in [1.165, 1.54) is 23.4 Å². The maximum atomic E-state index is 11.4. The highest BCUT2D eigenvalue weighted by Gasteiger charge is 2.14. The van der Waals surface area contributed by atoms with E-state index >= 15 is 0 Å². The first-order valence-electron chi connectivity index (χ1n) is 5.19. The van der Waals surface area contributed by atoms with E-state index in [-0.39, 0.29) is 6.73 Å². The molecule has 1 aromatic rings. The van der Waals surface area contributed by atoms with Crippen molar-refractivity contribution in [2.75, 3.05) is 6.54 Å². The van der Waals surface area contributed by atoms with Gasteiger partial charge in [0.25, 0.3) is 5.91 Å². The maximum Gasteiger partial charge on any atom is 0.321 e. The Morgan fingerprint density at radius 2 is 2.37 bits per heavy atom. The van der Waals surface area contributed by atoms with Gasteiger partial charge >= 0.3 is 6.03 Å². The molecule has 0 radical (unpaired) electrons. The lowest BCUT2D eigenvalue weighted by Crippen LogP contribution is -2.42. The molecule has 0 aliphatic heterocycles. The summed E-state index contributed by atoms with van der Waals surface area (Å²) < 4.78 is 1.29. The van der Waals surface area contributed by atoms with Gasteiger partial charge in [-0.1, -0.05) is 5.16 Å². The van der Waals surface area contributed by atoms with Gasteiger partial charge in [0.05, 0.1) is 0 Å². The third kappa shape index (κ3) is 4.82. The van der Waals surface area contributed by atoms with Crippen LogP contribution in [0.15, 0.2) is 17.8 Å². The molecule has 1 aromatic heterocycles. The molecular weight excluding hydrogens is 254 g/mol. The first-order chi connectivity index (χ1) is 9.17. The van der Waals surface area contributed by atoms with E-state index in [0.717, 1.165) is 0 Å². The van der Waals surface area contributed by atoms with Gasteiger partial charge in [0.15, 0.2) is 0 Å². The lowest BCUT2D eigenvalue weighted by Gasteiger charge is -2.03. The third-order valence-electron chi connectivity index (χ3n) is 1.70. The normalized spacial score (nSPS) is 10.4. The molecule has 0 aliphatic rings. The monoisotopic (exact) mass is 265 g/mol. The summed E-state index contributed by atoms with van der Waals surface area (Å²) in [6.45, 7) is 1.92. The number of aromatic nitrogens is 3. The lowest BCUT2D eigenvalue weighted by molar-refractivity contribution is -0.113. The van der Waals surface area contributed by atoms with Crippen LogP contribution in [0.2, 0.25) is 0 Å². The second-order valence-electron chi connectivity index (χ2n) is 3.06. The van der Waals surface area contributed by atoms with E-state index < -0.39 is 17.6 Å². The Labute approximate surface area is 108 Å². The van der Waals surface area contributed by atoms with Crippen molar-refractivity contribution in [3.63, 3.8) is 0 Å². The average Bonchev–Trinajstić information content (AvgIpc) is 2.87. The summed E-state index contributed by atoms with van der Waals surface area (Å²) >= 11 is 0. The van der Waals surface area contributed by atoms with Gasteiger partial charge in [0.1, 0.15) is 18.7 Å². The molecule has 0 spiro atoms. The molecule has 1 rings (SSSR count). The molecule has 10 nitrogen and oxygen atoms in total. The minimum atomic E-state index is -0.952. The summed E-state index contributed by atoms with van der Waals surface area (Å²) in [5.41, 5.74) is -0.577. The molecular formula is C9H11N7O3. The molecule has 0 aromatic carbocycles. The van der Waals surface area contributed by atoms with Crippen molar-refractivity contribution in [1.82, 2.24) is 25.4 Å². The van der Waals surface area contributed by atoms with Gasteiger partial charge in [-0.05, 0) is 6.92 Å². The highest BCUT2D eigenvalue weighted by atomic mass is 16.6. The zero-order valence-corrected chi connectivity index (χ0v) is 10.0.